The summed E-state index contributed by atoms with van der Waals surface area (Å²) in [4.78, 5) is 0. The summed E-state index contributed by atoms with van der Waals surface area (Å²) in [6.45, 7) is 5.36. The number of nitrogens with one attached hydrogen (secondary N) is 2. The van der Waals surface area contributed by atoms with E-state index in [1.54, 1.807) is 7.11 Å². The lowest BCUT2D eigenvalue weighted by molar-refractivity contribution is 0.392. The van der Waals surface area contributed by atoms with Crippen LogP contribution in [0.15, 0.2) is 24.3 Å². The fourth-order valence-electron chi connectivity index (χ4n) is 2.16. The van der Waals surface area contributed by atoms with Crippen molar-refractivity contribution in [2.45, 2.75) is 32.0 Å². The van der Waals surface area contributed by atoms with Crippen molar-refractivity contribution in [3.63, 3.8) is 0 Å². The summed E-state index contributed by atoms with van der Waals surface area (Å²) in [5.74, 6) is 0.918. The van der Waals surface area contributed by atoms with Gasteiger partial charge in [0.15, 0.2) is 0 Å². The van der Waals surface area contributed by atoms with Gasteiger partial charge in [-0.05, 0) is 38.0 Å². The highest BCUT2D eigenvalue weighted by molar-refractivity contribution is 5.27. The summed E-state index contributed by atoms with van der Waals surface area (Å²) >= 11 is 0. The van der Waals surface area contributed by atoms with Crippen molar-refractivity contribution in [1.82, 2.24) is 10.6 Å². The normalized spacial score (nSPS) is 23.3. The van der Waals surface area contributed by atoms with Gasteiger partial charge in [-0.1, -0.05) is 12.1 Å². The lowest BCUT2D eigenvalue weighted by Crippen LogP contribution is -2.44. The van der Waals surface area contributed by atoms with E-state index in [9.17, 15) is 0 Å². The summed E-state index contributed by atoms with van der Waals surface area (Å²) in [5.41, 5.74) is 1.41. The van der Waals surface area contributed by atoms with Crippen LogP contribution in [0.1, 0.15) is 19.4 Å². The Morgan fingerprint density at radius 1 is 1.31 bits per heavy atom. The minimum atomic E-state index is 0.0666. The first-order valence-corrected chi connectivity index (χ1v) is 5.75. The van der Waals surface area contributed by atoms with Crippen molar-refractivity contribution in [3.8, 4) is 5.75 Å². The third-order valence-electron chi connectivity index (χ3n) is 3.00. The lowest BCUT2D eigenvalue weighted by atomic mass is 10.1. The zero-order valence-corrected chi connectivity index (χ0v) is 10.2. The smallest absolute Gasteiger partial charge is 0.118 e. The molecule has 0 radical (unpaired) electrons. The Morgan fingerprint density at radius 3 is 2.50 bits per heavy atom. The van der Waals surface area contributed by atoms with Crippen LogP contribution in [-0.4, -0.2) is 25.4 Å². The van der Waals surface area contributed by atoms with Crippen LogP contribution in [0, 0.1) is 0 Å². The lowest BCUT2D eigenvalue weighted by Gasteiger charge is -2.19. The number of benzene rings is 1. The summed E-state index contributed by atoms with van der Waals surface area (Å²) in [5, 5.41) is 7.02. The molecule has 0 saturated carbocycles. The topological polar surface area (TPSA) is 33.3 Å². The molecule has 0 aliphatic carbocycles. The quantitative estimate of drug-likeness (QED) is 0.810. The van der Waals surface area contributed by atoms with Crippen LogP contribution in [0.2, 0.25) is 0 Å². The zero-order valence-electron chi connectivity index (χ0n) is 10.2. The molecule has 1 fully saturated rings. The molecule has 1 atom stereocenters. The average molecular weight is 220 g/mol. The fourth-order valence-corrected chi connectivity index (χ4v) is 2.16. The number of rotatable bonds is 3. The molecule has 0 spiro atoms. The molecule has 0 amide bonds. The molecule has 2 rings (SSSR count). The number of hydrogen-bond donors (Lipinski definition) is 2. The van der Waals surface area contributed by atoms with Gasteiger partial charge in [0.25, 0.3) is 0 Å². The minimum absolute atomic E-state index is 0.0666. The molecule has 1 aromatic carbocycles. The molecule has 0 aromatic heterocycles. The highest BCUT2D eigenvalue weighted by Gasteiger charge is 2.28. The second kappa shape index (κ2) is 4.44. The predicted octanol–water partition coefficient (Wildman–Crippen LogP) is 1.54. The molecule has 3 heteroatoms. The molecule has 1 aromatic rings. The van der Waals surface area contributed by atoms with Crippen molar-refractivity contribution in [2.75, 3.05) is 13.7 Å². The molecule has 1 heterocycles. The Morgan fingerprint density at radius 2 is 2.00 bits per heavy atom. The Bertz CT molecular complexity index is 345. The van der Waals surface area contributed by atoms with Crippen LogP contribution < -0.4 is 15.4 Å². The van der Waals surface area contributed by atoms with Gasteiger partial charge in [0.05, 0.1) is 12.8 Å². The largest absolute Gasteiger partial charge is 0.497 e. The first-order chi connectivity index (χ1) is 7.59. The molecule has 1 aliphatic heterocycles. The third-order valence-corrected chi connectivity index (χ3v) is 3.00. The van der Waals surface area contributed by atoms with E-state index in [-0.39, 0.29) is 5.66 Å². The van der Waals surface area contributed by atoms with Crippen LogP contribution in [0.3, 0.4) is 0 Å². The van der Waals surface area contributed by atoms with Gasteiger partial charge >= 0.3 is 0 Å². The molecule has 0 bridgehead atoms. The number of methoxy groups -OCH3 is 1. The van der Waals surface area contributed by atoms with Crippen molar-refractivity contribution in [2.24, 2.45) is 0 Å². The number of ether oxygens (including phenoxy) is 1. The van der Waals surface area contributed by atoms with E-state index in [1.165, 1.54) is 5.56 Å². The second-order valence-electron chi connectivity index (χ2n) is 4.90. The molecule has 1 saturated heterocycles. The minimum Gasteiger partial charge on any atom is -0.497 e. The summed E-state index contributed by atoms with van der Waals surface area (Å²) in [6.07, 6.45) is 1.06. The van der Waals surface area contributed by atoms with Crippen LogP contribution in [-0.2, 0) is 6.42 Å². The van der Waals surface area contributed by atoms with Crippen molar-refractivity contribution in [3.05, 3.63) is 29.8 Å². The number of hydrogen-bond acceptors (Lipinski definition) is 3. The van der Waals surface area contributed by atoms with Gasteiger partial charge in [-0.25, -0.2) is 0 Å². The monoisotopic (exact) mass is 220 g/mol. The molecular formula is C13H20N2O. The average Bonchev–Trinajstić information content (AvgIpc) is 2.59. The van der Waals surface area contributed by atoms with E-state index >= 15 is 0 Å². The van der Waals surface area contributed by atoms with E-state index < -0.39 is 0 Å². The molecule has 88 valence electrons. The molecular weight excluding hydrogens is 200 g/mol. The standard InChI is InChI=1S/C13H20N2O/c1-13(2)14-9-11(15-13)8-10-4-6-12(16-3)7-5-10/h4-7,11,14-15H,8-9H2,1-3H3/t11-/m0/s1. The Balaban J connectivity index is 1.94. The van der Waals surface area contributed by atoms with Gasteiger partial charge in [-0.15, -0.1) is 0 Å². The molecule has 0 unspecified atom stereocenters. The highest BCUT2D eigenvalue weighted by Crippen LogP contribution is 2.15. The maximum Gasteiger partial charge on any atom is 0.118 e. The fraction of sp³-hybridized carbons (Fsp3) is 0.538. The van der Waals surface area contributed by atoms with Gasteiger partial charge in [-0.3, -0.25) is 10.6 Å². The van der Waals surface area contributed by atoms with Gasteiger partial charge in [0, 0.05) is 12.6 Å². The third kappa shape index (κ3) is 2.74. The predicted molar refractivity (Wildman–Crippen MR) is 65.7 cm³/mol. The Labute approximate surface area is 97.2 Å². The molecule has 16 heavy (non-hydrogen) atoms. The van der Waals surface area contributed by atoms with Gasteiger partial charge in [-0.2, -0.15) is 0 Å². The first kappa shape index (κ1) is 11.4. The van der Waals surface area contributed by atoms with E-state index in [1.807, 2.05) is 12.1 Å². The van der Waals surface area contributed by atoms with Crippen LogP contribution >= 0.6 is 0 Å². The van der Waals surface area contributed by atoms with Crippen molar-refractivity contribution in [1.29, 1.82) is 0 Å². The van der Waals surface area contributed by atoms with Crippen molar-refractivity contribution < 1.29 is 4.74 Å². The highest BCUT2D eigenvalue weighted by atomic mass is 16.5. The second-order valence-corrected chi connectivity index (χ2v) is 4.90. The van der Waals surface area contributed by atoms with E-state index in [0.29, 0.717) is 6.04 Å². The maximum absolute atomic E-state index is 5.14. The molecule has 3 nitrogen and oxygen atoms in total. The first-order valence-electron chi connectivity index (χ1n) is 5.75. The van der Waals surface area contributed by atoms with E-state index in [2.05, 4.69) is 36.6 Å². The van der Waals surface area contributed by atoms with E-state index in [4.69, 9.17) is 4.74 Å². The summed E-state index contributed by atoms with van der Waals surface area (Å²) < 4.78 is 5.14. The zero-order chi connectivity index (χ0) is 11.6. The van der Waals surface area contributed by atoms with E-state index in [0.717, 1.165) is 18.7 Å². The van der Waals surface area contributed by atoms with Gasteiger partial charge in [0.2, 0.25) is 0 Å². The van der Waals surface area contributed by atoms with Crippen LogP contribution in [0.4, 0.5) is 0 Å². The van der Waals surface area contributed by atoms with Crippen LogP contribution in [0.25, 0.3) is 0 Å². The Kier molecular flexibility index (Phi) is 3.17. The molecule has 1 aliphatic rings. The van der Waals surface area contributed by atoms with Crippen molar-refractivity contribution >= 4 is 0 Å². The summed E-state index contributed by atoms with van der Waals surface area (Å²) in [6, 6.07) is 8.81. The maximum atomic E-state index is 5.14. The Hall–Kier alpha value is -1.06. The molecule has 2 N–H and O–H groups in total. The summed E-state index contributed by atoms with van der Waals surface area (Å²) in [7, 11) is 1.69. The van der Waals surface area contributed by atoms with Gasteiger partial charge in [0.1, 0.15) is 5.75 Å². The van der Waals surface area contributed by atoms with Crippen LogP contribution in [0.5, 0.6) is 5.75 Å². The SMILES string of the molecule is COc1ccc(C[C@H]2CNC(C)(C)N2)cc1. The van der Waals surface area contributed by atoms with Gasteiger partial charge < -0.3 is 4.74 Å².